The predicted octanol–water partition coefficient (Wildman–Crippen LogP) is 2.95. The van der Waals surface area contributed by atoms with E-state index in [4.69, 9.17) is 4.74 Å². The molecule has 0 aromatic rings. The number of nitrogens with one attached hydrogen (secondary N) is 1. The molecule has 0 bridgehead atoms. The Bertz CT molecular complexity index is 420. The lowest BCUT2D eigenvalue weighted by Gasteiger charge is -2.48. The summed E-state index contributed by atoms with van der Waals surface area (Å²) in [7, 11) is 1.93. The number of hydrogen-bond acceptors (Lipinski definition) is 3. The second-order valence-electron chi connectivity index (χ2n) is 7.98. The maximum absolute atomic E-state index is 5.60. The first kappa shape index (κ1) is 21.2. The van der Waals surface area contributed by atoms with Crippen LogP contribution in [0.5, 0.6) is 0 Å². The minimum atomic E-state index is 0. The van der Waals surface area contributed by atoms with E-state index in [0.29, 0.717) is 5.54 Å². The topological polar surface area (TPSA) is 40.1 Å². The van der Waals surface area contributed by atoms with Gasteiger partial charge in [-0.3, -0.25) is 9.89 Å². The highest BCUT2D eigenvalue weighted by molar-refractivity contribution is 14.0. The lowest BCUT2D eigenvalue weighted by Crippen LogP contribution is -2.61. The third-order valence-corrected chi connectivity index (χ3v) is 6.21. The summed E-state index contributed by atoms with van der Waals surface area (Å²) < 4.78 is 5.60. The monoisotopic (exact) mass is 464 g/mol. The molecule has 3 fully saturated rings. The molecule has 2 aliphatic heterocycles. The molecule has 1 atom stereocenters. The molecule has 5 nitrogen and oxygen atoms in total. The summed E-state index contributed by atoms with van der Waals surface area (Å²) in [6.07, 6.45) is 9.38. The van der Waals surface area contributed by atoms with Gasteiger partial charge in [-0.1, -0.05) is 26.2 Å². The number of aliphatic imine (C=N–C) groups is 1. The zero-order valence-corrected chi connectivity index (χ0v) is 18.5. The summed E-state index contributed by atoms with van der Waals surface area (Å²) in [4.78, 5) is 9.76. The van der Waals surface area contributed by atoms with Crippen molar-refractivity contribution in [1.29, 1.82) is 0 Å². The minimum Gasteiger partial charge on any atom is -0.379 e. The van der Waals surface area contributed by atoms with Gasteiger partial charge in [0.15, 0.2) is 5.96 Å². The van der Waals surface area contributed by atoms with Gasteiger partial charge in [0.25, 0.3) is 0 Å². The van der Waals surface area contributed by atoms with Gasteiger partial charge in [0, 0.05) is 45.3 Å². The van der Waals surface area contributed by atoms with E-state index < -0.39 is 0 Å². The van der Waals surface area contributed by atoms with Crippen molar-refractivity contribution in [3.63, 3.8) is 0 Å². The van der Waals surface area contributed by atoms with Gasteiger partial charge in [-0.15, -0.1) is 24.0 Å². The molecule has 146 valence electrons. The highest BCUT2D eigenvalue weighted by Gasteiger charge is 2.39. The van der Waals surface area contributed by atoms with Crippen molar-refractivity contribution in [1.82, 2.24) is 15.1 Å². The molecule has 0 spiro atoms. The third-order valence-electron chi connectivity index (χ3n) is 6.21. The summed E-state index contributed by atoms with van der Waals surface area (Å²) in [6, 6.07) is 0. The van der Waals surface area contributed by atoms with Crippen LogP contribution in [0.1, 0.15) is 51.9 Å². The van der Waals surface area contributed by atoms with Gasteiger partial charge in [0.1, 0.15) is 0 Å². The summed E-state index contributed by atoms with van der Waals surface area (Å²) in [5.41, 5.74) is 0.305. The SMILES string of the molecule is CN=C(NCC1(N2CCOCC2)CCCCC1)N1CCCC(C)C1.I. The van der Waals surface area contributed by atoms with Crippen molar-refractivity contribution in [2.75, 3.05) is 53.0 Å². The van der Waals surface area contributed by atoms with Crippen LogP contribution in [0.25, 0.3) is 0 Å². The Hall–Kier alpha value is -0.0800. The average Bonchev–Trinajstić information content (AvgIpc) is 2.64. The fourth-order valence-electron chi connectivity index (χ4n) is 4.81. The van der Waals surface area contributed by atoms with Gasteiger partial charge in [-0.05, 0) is 31.6 Å². The molecule has 0 aromatic heterocycles. The number of halogens is 1. The summed E-state index contributed by atoms with van der Waals surface area (Å²) in [6.45, 7) is 9.63. The van der Waals surface area contributed by atoms with Gasteiger partial charge in [0.2, 0.25) is 0 Å². The summed E-state index contributed by atoms with van der Waals surface area (Å²) >= 11 is 0. The second kappa shape index (κ2) is 10.3. The quantitative estimate of drug-likeness (QED) is 0.396. The largest absolute Gasteiger partial charge is 0.379 e. The van der Waals surface area contributed by atoms with E-state index in [2.05, 4.69) is 27.0 Å². The fourth-order valence-corrected chi connectivity index (χ4v) is 4.81. The maximum atomic E-state index is 5.60. The van der Waals surface area contributed by atoms with Crippen LogP contribution in [0, 0.1) is 5.92 Å². The van der Waals surface area contributed by atoms with Crippen molar-refractivity contribution < 1.29 is 4.74 Å². The Kier molecular flexibility index (Phi) is 8.75. The molecule has 0 aromatic carbocycles. The maximum Gasteiger partial charge on any atom is 0.193 e. The van der Waals surface area contributed by atoms with Crippen LogP contribution >= 0.6 is 24.0 Å². The predicted molar refractivity (Wildman–Crippen MR) is 115 cm³/mol. The first-order valence-electron chi connectivity index (χ1n) is 10.0. The van der Waals surface area contributed by atoms with Gasteiger partial charge in [0.05, 0.1) is 13.2 Å². The number of likely N-dealkylation sites (tertiary alicyclic amines) is 1. The molecule has 1 unspecified atom stereocenters. The van der Waals surface area contributed by atoms with Crippen molar-refractivity contribution >= 4 is 29.9 Å². The van der Waals surface area contributed by atoms with Crippen LogP contribution in [0.4, 0.5) is 0 Å². The Morgan fingerprint density at radius 1 is 1.12 bits per heavy atom. The number of piperidine rings is 1. The Labute approximate surface area is 171 Å². The molecule has 1 saturated carbocycles. The molecule has 0 amide bonds. The molecule has 3 aliphatic rings. The van der Waals surface area contributed by atoms with Crippen LogP contribution in [-0.2, 0) is 4.74 Å². The zero-order chi connectivity index (χ0) is 16.8. The van der Waals surface area contributed by atoms with Gasteiger partial charge >= 0.3 is 0 Å². The van der Waals surface area contributed by atoms with Crippen LogP contribution in [0.2, 0.25) is 0 Å². The average molecular weight is 464 g/mol. The van der Waals surface area contributed by atoms with Crippen LogP contribution in [-0.4, -0.2) is 74.3 Å². The lowest BCUT2D eigenvalue weighted by atomic mass is 9.79. The van der Waals surface area contributed by atoms with E-state index in [1.54, 1.807) is 0 Å². The second-order valence-corrected chi connectivity index (χ2v) is 7.98. The molecule has 6 heteroatoms. The van der Waals surface area contributed by atoms with Crippen molar-refractivity contribution in [3.05, 3.63) is 0 Å². The first-order valence-corrected chi connectivity index (χ1v) is 10.0. The van der Waals surface area contributed by atoms with Crippen molar-refractivity contribution in [2.24, 2.45) is 10.9 Å². The zero-order valence-electron chi connectivity index (χ0n) is 16.1. The number of hydrogen-bond donors (Lipinski definition) is 1. The van der Waals surface area contributed by atoms with E-state index in [-0.39, 0.29) is 24.0 Å². The molecule has 3 rings (SSSR count). The van der Waals surface area contributed by atoms with E-state index in [9.17, 15) is 0 Å². The summed E-state index contributed by atoms with van der Waals surface area (Å²) in [5.74, 6) is 1.89. The first-order chi connectivity index (χ1) is 11.7. The number of guanidine groups is 1. The normalized spacial score (nSPS) is 28.3. The van der Waals surface area contributed by atoms with Crippen LogP contribution < -0.4 is 5.32 Å². The fraction of sp³-hybridized carbons (Fsp3) is 0.947. The Morgan fingerprint density at radius 3 is 2.48 bits per heavy atom. The highest BCUT2D eigenvalue weighted by Crippen LogP contribution is 2.34. The standard InChI is InChI=1S/C19H36N4O.HI/c1-17-7-6-10-22(15-17)18(20-2)21-16-19(8-4-3-5-9-19)23-11-13-24-14-12-23;/h17H,3-16H2,1-2H3,(H,20,21);1H. The molecular weight excluding hydrogens is 427 g/mol. The van der Waals surface area contributed by atoms with Crippen molar-refractivity contribution in [3.8, 4) is 0 Å². The molecule has 2 saturated heterocycles. The lowest BCUT2D eigenvalue weighted by molar-refractivity contribution is -0.0354. The molecule has 1 N–H and O–H groups in total. The Balaban J connectivity index is 0.00000225. The molecule has 25 heavy (non-hydrogen) atoms. The van der Waals surface area contributed by atoms with E-state index in [1.807, 2.05) is 7.05 Å². The molecular formula is C19H37IN4O. The van der Waals surface area contributed by atoms with Gasteiger partial charge in [-0.2, -0.15) is 0 Å². The molecule has 0 radical (unpaired) electrons. The van der Waals surface area contributed by atoms with Crippen LogP contribution in [0.15, 0.2) is 4.99 Å². The third kappa shape index (κ3) is 5.45. The smallest absolute Gasteiger partial charge is 0.193 e. The van der Waals surface area contributed by atoms with Crippen LogP contribution in [0.3, 0.4) is 0 Å². The van der Waals surface area contributed by atoms with E-state index in [1.165, 1.54) is 44.9 Å². The van der Waals surface area contributed by atoms with Crippen molar-refractivity contribution in [2.45, 2.75) is 57.4 Å². The van der Waals surface area contributed by atoms with E-state index in [0.717, 1.165) is 57.8 Å². The number of nitrogens with zero attached hydrogens (tertiary/aromatic N) is 3. The molecule has 2 heterocycles. The number of morpholine rings is 1. The summed E-state index contributed by atoms with van der Waals surface area (Å²) in [5, 5.41) is 3.76. The molecule has 1 aliphatic carbocycles. The number of rotatable bonds is 3. The van der Waals surface area contributed by atoms with Gasteiger partial charge < -0.3 is 15.0 Å². The highest BCUT2D eigenvalue weighted by atomic mass is 127. The van der Waals surface area contributed by atoms with Gasteiger partial charge in [-0.25, -0.2) is 0 Å². The number of ether oxygens (including phenoxy) is 1. The Morgan fingerprint density at radius 2 is 1.84 bits per heavy atom. The van der Waals surface area contributed by atoms with E-state index >= 15 is 0 Å². The minimum absolute atomic E-state index is 0.